The number of nitrogens with one attached hydrogen (secondary N) is 1. The second-order valence-corrected chi connectivity index (χ2v) is 6.48. The van der Waals surface area contributed by atoms with E-state index in [1.165, 1.54) is 31.4 Å². The van der Waals surface area contributed by atoms with Crippen LogP contribution in [0.15, 0.2) is 29.2 Å². The Morgan fingerprint density at radius 3 is 2.71 bits per heavy atom. The van der Waals surface area contributed by atoms with Gasteiger partial charge in [-0.05, 0) is 25.0 Å². The number of esters is 1. The summed E-state index contributed by atoms with van der Waals surface area (Å²) in [4.78, 5) is 12.7. The van der Waals surface area contributed by atoms with E-state index in [4.69, 9.17) is 4.74 Å². The molecule has 0 amide bonds. The number of benzene rings is 1. The Labute approximate surface area is 129 Å². The normalized spacial score (nSPS) is 17.4. The third-order valence-corrected chi connectivity index (χ3v) is 4.99. The molecule has 0 radical (unpaired) electrons. The molecule has 1 aromatic carbocycles. The van der Waals surface area contributed by atoms with Crippen LogP contribution in [0.1, 0.15) is 32.1 Å². The van der Waals surface area contributed by atoms with E-state index in [0.717, 1.165) is 31.4 Å². The van der Waals surface area contributed by atoms with Gasteiger partial charge in [-0.2, -0.15) is 0 Å². The van der Waals surface area contributed by atoms with Crippen molar-refractivity contribution in [2.24, 2.45) is 0 Å². The molecular weight excluding hydrogens is 289 g/mol. The van der Waals surface area contributed by atoms with Crippen LogP contribution in [0.25, 0.3) is 0 Å². The average molecular weight is 311 g/mol. The zero-order valence-electron chi connectivity index (χ0n) is 12.4. The van der Waals surface area contributed by atoms with Crippen molar-refractivity contribution < 1.29 is 13.9 Å². The smallest absolute Gasteiger partial charge is 0.326 e. The molecule has 3 nitrogen and oxygen atoms in total. The first kappa shape index (κ1) is 16.3. The van der Waals surface area contributed by atoms with Crippen LogP contribution < -0.4 is 5.32 Å². The van der Waals surface area contributed by atoms with E-state index in [1.54, 1.807) is 12.1 Å². The second-order valence-electron chi connectivity index (χ2n) is 5.34. The van der Waals surface area contributed by atoms with Crippen LogP contribution in [0.3, 0.4) is 0 Å². The van der Waals surface area contributed by atoms with Crippen LogP contribution in [-0.2, 0) is 9.53 Å². The molecule has 1 aromatic rings. The van der Waals surface area contributed by atoms with Crippen molar-refractivity contribution in [3.05, 3.63) is 30.1 Å². The summed E-state index contributed by atoms with van der Waals surface area (Å²) in [5, 5.41) is 3.36. The summed E-state index contributed by atoms with van der Waals surface area (Å²) in [7, 11) is 1.44. The largest absolute Gasteiger partial charge is 0.468 e. The van der Waals surface area contributed by atoms with Gasteiger partial charge in [0, 0.05) is 17.2 Å². The van der Waals surface area contributed by atoms with Crippen LogP contribution in [0.5, 0.6) is 0 Å². The Balaban J connectivity index is 1.85. The van der Waals surface area contributed by atoms with Gasteiger partial charge in [0.25, 0.3) is 0 Å². The van der Waals surface area contributed by atoms with Gasteiger partial charge in [-0.3, -0.25) is 4.79 Å². The van der Waals surface area contributed by atoms with Crippen molar-refractivity contribution in [3.63, 3.8) is 0 Å². The zero-order chi connectivity index (χ0) is 15.1. The van der Waals surface area contributed by atoms with Gasteiger partial charge < -0.3 is 10.1 Å². The minimum Gasteiger partial charge on any atom is -0.468 e. The second kappa shape index (κ2) is 7.80. The molecule has 0 spiro atoms. The molecule has 0 unspecified atom stereocenters. The first-order valence-electron chi connectivity index (χ1n) is 7.39. The van der Waals surface area contributed by atoms with Crippen molar-refractivity contribution in [1.82, 2.24) is 5.32 Å². The molecule has 5 heteroatoms. The number of hydrogen-bond acceptors (Lipinski definition) is 4. The Hall–Kier alpha value is -1.07. The van der Waals surface area contributed by atoms with Gasteiger partial charge in [-0.15, -0.1) is 11.8 Å². The van der Waals surface area contributed by atoms with E-state index < -0.39 is 5.54 Å². The predicted molar refractivity (Wildman–Crippen MR) is 83.0 cm³/mol. The molecule has 2 rings (SSSR count). The maximum atomic E-state index is 13.5. The topological polar surface area (TPSA) is 38.3 Å². The van der Waals surface area contributed by atoms with Crippen molar-refractivity contribution in [2.75, 3.05) is 19.4 Å². The van der Waals surface area contributed by atoms with E-state index in [9.17, 15) is 9.18 Å². The highest BCUT2D eigenvalue weighted by molar-refractivity contribution is 7.99. The van der Waals surface area contributed by atoms with Gasteiger partial charge in [0.1, 0.15) is 11.4 Å². The van der Waals surface area contributed by atoms with Gasteiger partial charge in [0.2, 0.25) is 0 Å². The number of ether oxygens (including phenoxy) is 1. The summed E-state index contributed by atoms with van der Waals surface area (Å²) in [6.45, 7) is 0.661. The molecule has 21 heavy (non-hydrogen) atoms. The van der Waals surface area contributed by atoms with E-state index in [-0.39, 0.29) is 11.8 Å². The lowest BCUT2D eigenvalue weighted by Gasteiger charge is -2.35. The monoisotopic (exact) mass is 311 g/mol. The van der Waals surface area contributed by atoms with Crippen LogP contribution in [0.4, 0.5) is 4.39 Å². The number of rotatable bonds is 6. The van der Waals surface area contributed by atoms with Crippen molar-refractivity contribution in [1.29, 1.82) is 0 Å². The molecule has 0 saturated heterocycles. The Morgan fingerprint density at radius 1 is 1.33 bits per heavy atom. The number of carbonyl (C=O) groups excluding carboxylic acids is 1. The van der Waals surface area contributed by atoms with Crippen LogP contribution >= 0.6 is 11.8 Å². The minimum absolute atomic E-state index is 0.168. The molecular formula is C16H22FNO2S. The summed E-state index contributed by atoms with van der Waals surface area (Å²) in [6, 6.07) is 6.76. The maximum absolute atomic E-state index is 13.5. The average Bonchev–Trinajstić information content (AvgIpc) is 2.53. The minimum atomic E-state index is -0.539. The number of thioether (sulfide) groups is 1. The summed E-state index contributed by atoms with van der Waals surface area (Å²) >= 11 is 1.46. The molecule has 0 aromatic heterocycles. The van der Waals surface area contributed by atoms with Crippen molar-refractivity contribution in [3.8, 4) is 0 Å². The highest BCUT2D eigenvalue weighted by Crippen LogP contribution is 2.29. The fourth-order valence-electron chi connectivity index (χ4n) is 2.82. The highest BCUT2D eigenvalue weighted by atomic mass is 32.2. The molecule has 0 bridgehead atoms. The lowest BCUT2D eigenvalue weighted by atomic mass is 9.81. The maximum Gasteiger partial charge on any atom is 0.326 e. The highest BCUT2D eigenvalue weighted by Gasteiger charge is 2.39. The number of carbonyl (C=O) groups is 1. The summed E-state index contributed by atoms with van der Waals surface area (Å²) in [5.74, 6) is 0.362. The third kappa shape index (κ3) is 4.20. The molecule has 1 aliphatic rings. The molecule has 1 saturated carbocycles. The van der Waals surface area contributed by atoms with Gasteiger partial charge >= 0.3 is 5.97 Å². The Kier molecular flexibility index (Phi) is 6.06. The molecule has 0 atom stereocenters. The number of methoxy groups -OCH3 is 1. The number of halogens is 1. The van der Waals surface area contributed by atoms with Crippen molar-refractivity contribution >= 4 is 17.7 Å². The first-order chi connectivity index (χ1) is 10.2. The summed E-state index contributed by atoms with van der Waals surface area (Å²) in [6.07, 6.45) is 4.91. The SMILES string of the molecule is COC(=O)C1(NCCSc2ccccc2F)CCCCC1. The summed E-state index contributed by atoms with van der Waals surface area (Å²) in [5.41, 5.74) is -0.539. The number of hydrogen-bond donors (Lipinski definition) is 1. The lowest BCUT2D eigenvalue weighted by molar-refractivity contribution is -0.150. The molecule has 1 N–H and O–H groups in total. The first-order valence-corrected chi connectivity index (χ1v) is 8.37. The fraction of sp³-hybridized carbons (Fsp3) is 0.562. The lowest BCUT2D eigenvalue weighted by Crippen LogP contribution is -2.54. The van der Waals surface area contributed by atoms with E-state index >= 15 is 0 Å². The molecule has 0 heterocycles. The van der Waals surface area contributed by atoms with Crippen LogP contribution in [0, 0.1) is 5.82 Å². The van der Waals surface area contributed by atoms with Gasteiger partial charge in [-0.1, -0.05) is 31.4 Å². The van der Waals surface area contributed by atoms with E-state index in [1.807, 2.05) is 6.07 Å². The quantitative estimate of drug-likeness (QED) is 0.496. The van der Waals surface area contributed by atoms with Crippen LogP contribution in [0.2, 0.25) is 0 Å². The Morgan fingerprint density at radius 2 is 2.05 bits per heavy atom. The van der Waals surface area contributed by atoms with Gasteiger partial charge in [0.15, 0.2) is 0 Å². The third-order valence-electron chi connectivity index (χ3n) is 3.94. The standard InChI is InChI=1S/C16H22FNO2S/c1-20-15(19)16(9-5-2-6-10-16)18-11-12-21-14-8-4-3-7-13(14)17/h3-4,7-8,18H,2,5-6,9-12H2,1H3. The summed E-state index contributed by atoms with van der Waals surface area (Å²) < 4.78 is 18.5. The molecule has 0 aliphatic heterocycles. The van der Waals surface area contributed by atoms with Crippen LogP contribution in [-0.4, -0.2) is 30.9 Å². The van der Waals surface area contributed by atoms with Gasteiger partial charge in [0.05, 0.1) is 7.11 Å². The van der Waals surface area contributed by atoms with E-state index in [0.29, 0.717) is 11.4 Å². The van der Waals surface area contributed by atoms with Crippen molar-refractivity contribution in [2.45, 2.75) is 42.5 Å². The van der Waals surface area contributed by atoms with Gasteiger partial charge in [-0.25, -0.2) is 4.39 Å². The predicted octanol–water partition coefficient (Wildman–Crippen LogP) is 3.38. The fourth-order valence-corrected chi connectivity index (χ4v) is 3.62. The molecule has 1 aliphatic carbocycles. The van der Waals surface area contributed by atoms with E-state index in [2.05, 4.69) is 5.32 Å². The zero-order valence-corrected chi connectivity index (χ0v) is 13.2. The molecule has 116 valence electrons. The molecule has 1 fully saturated rings. The Bertz CT molecular complexity index is 475.